The maximum Gasteiger partial charge on any atom is 0.408 e. The second kappa shape index (κ2) is 23.9. The Hall–Kier alpha value is -4.97. The van der Waals surface area contributed by atoms with E-state index >= 15 is 0 Å². The zero-order valence-corrected chi connectivity index (χ0v) is 39.1. The standard InChI is InChI=1S/C42H72N4O15/c1-38(2,3)57-33(51)25(18-22-30(48)45-27(20-24-32(50)56-16)35(53)59-40(7,8)9)43-29(47)21-17-26(34(52)58-39(4,5)6)44-31(49)23-19-28(36(54)60-41(10,11)12)46-37(55)61-42(13,14)15/h25-28H,17-24H2,1-16H3,(H,43,47)(H,44,49)(H,45,48)(H,46,55)/t25-,26-,27-,28-/m0/s1. The van der Waals surface area contributed by atoms with E-state index in [2.05, 4.69) is 26.0 Å². The highest BCUT2D eigenvalue weighted by Gasteiger charge is 2.34. The van der Waals surface area contributed by atoms with Crippen LogP contribution in [0.3, 0.4) is 0 Å². The SMILES string of the molecule is COC(=O)CC[C@H](NC(=O)CC[C@H](NC(=O)CC[C@H](NC(=O)CC[C@H](NC(=O)OC(C)(C)C)C(=O)OC(C)(C)C)C(=O)OC(C)(C)C)C(=O)OC(C)(C)C)C(=O)OC(C)(C)C. The van der Waals surface area contributed by atoms with Crippen molar-refractivity contribution in [3.05, 3.63) is 0 Å². The first-order chi connectivity index (χ1) is 27.5. The topological polar surface area (TPSA) is 257 Å². The molecule has 0 saturated heterocycles. The van der Waals surface area contributed by atoms with Gasteiger partial charge in [0, 0.05) is 25.7 Å². The first kappa shape index (κ1) is 56.0. The Morgan fingerprint density at radius 1 is 0.361 bits per heavy atom. The number of carbonyl (C=O) groups is 9. The third-order valence-electron chi connectivity index (χ3n) is 7.31. The third-order valence-corrected chi connectivity index (χ3v) is 7.31. The molecule has 4 amide bonds. The van der Waals surface area contributed by atoms with Gasteiger partial charge in [0.2, 0.25) is 17.7 Å². The first-order valence-corrected chi connectivity index (χ1v) is 20.3. The van der Waals surface area contributed by atoms with Gasteiger partial charge in [-0.3, -0.25) is 19.2 Å². The van der Waals surface area contributed by atoms with Gasteiger partial charge in [-0.25, -0.2) is 24.0 Å². The summed E-state index contributed by atoms with van der Waals surface area (Å²) in [4.78, 5) is 116. The lowest BCUT2D eigenvalue weighted by Gasteiger charge is -2.27. The van der Waals surface area contributed by atoms with Crippen LogP contribution >= 0.6 is 0 Å². The summed E-state index contributed by atoms with van der Waals surface area (Å²) in [5.41, 5.74) is -4.65. The molecule has 0 aromatic heterocycles. The summed E-state index contributed by atoms with van der Waals surface area (Å²) >= 11 is 0. The van der Waals surface area contributed by atoms with Crippen LogP contribution in [0.1, 0.15) is 155 Å². The smallest absolute Gasteiger partial charge is 0.408 e. The lowest BCUT2D eigenvalue weighted by Crippen LogP contribution is -2.48. The average Bonchev–Trinajstić information content (AvgIpc) is 3.04. The lowest BCUT2D eigenvalue weighted by atomic mass is 10.1. The van der Waals surface area contributed by atoms with Gasteiger partial charge in [-0.2, -0.15) is 0 Å². The van der Waals surface area contributed by atoms with Gasteiger partial charge in [-0.1, -0.05) is 0 Å². The molecule has 0 fully saturated rings. The van der Waals surface area contributed by atoms with Crippen LogP contribution in [0.15, 0.2) is 0 Å². The van der Waals surface area contributed by atoms with Crippen LogP contribution < -0.4 is 21.3 Å². The number of nitrogens with one attached hydrogen (secondary N) is 4. The van der Waals surface area contributed by atoms with E-state index in [9.17, 15) is 43.2 Å². The molecule has 0 aromatic rings. The second-order valence-electron chi connectivity index (χ2n) is 19.4. The van der Waals surface area contributed by atoms with E-state index in [0.29, 0.717) is 0 Å². The summed E-state index contributed by atoms with van der Waals surface area (Å²) in [7, 11) is 1.18. The Morgan fingerprint density at radius 2 is 0.590 bits per heavy atom. The van der Waals surface area contributed by atoms with Gasteiger partial charge in [-0.05, 0) is 130 Å². The summed E-state index contributed by atoms with van der Waals surface area (Å²) < 4.78 is 31.7. The molecule has 0 aromatic carbocycles. The van der Waals surface area contributed by atoms with E-state index in [1.807, 2.05) is 0 Å². The maximum absolute atomic E-state index is 13.4. The molecular weight excluding hydrogens is 800 g/mol. The minimum absolute atomic E-state index is 0.123. The highest BCUT2D eigenvalue weighted by atomic mass is 16.6. The number of amides is 4. The summed E-state index contributed by atoms with van der Waals surface area (Å²) in [5.74, 6) is -6.08. The van der Waals surface area contributed by atoms with E-state index in [1.54, 1.807) is 104 Å². The molecule has 61 heavy (non-hydrogen) atoms. The molecule has 0 aliphatic carbocycles. The highest BCUT2D eigenvalue weighted by Crippen LogP contribution is 2.17. The largest absolute Gasteiger partial charge is 0.469 e. The molecular formula is C42H72N4O15. The molecule has 0 aliphatic rings. The summed E-state index contributed by atoms with van der Waals surface area (Å²) in [6, 6.07) is -5.23. The van der Waals surface area contributed by atoms with Crippen molar-refractivity contribution >= 4 is 53.7 Å². The quantitative estimate of drug-likeness (QED) is 0.0996. The number of ether oxygens (including phenoxy) is 6. The van der Waals surface area contributed by atoms with Crippen molar-refractivity contribution in [3.63, 3.8) is 0 Å². The number of hydrogen-bond donors (Lipinski definition) is 4. The molecule has 19 heteroatoms. The number of rotatable bonds is 20. The number of carbonyl (C=O) groups excluding carboxylic acids is 9. The molecule has 4 atom stereocenters. The number of esters is 5. The monoisotopic (exact) mass is 872 g/mol. The van der Waals surface area contributed by atoms with Crippen LogP contribution in [-0.2, 0) is 66.8 Å². The van der Waals surface area contributed by atoms with Gasteiger partial charge in [0.15, 0.2) is 0 Å². The van der Waals surface area contributed by atoms with Crippen molar-refractivity contribution in [2.75, 3.05) is 7.11 Å². The van der Waals surface area contributed by atoms with Gasteiger partial charge in [0.1, 0.15) is 52.2 Å². The molecule has 0 aliphatic heterocycles. The van der Waals surface area contributed by atoms with Crippen LogP contribution in [0.5, 0.6) is 0 Å². The van der Waals surface area contributed by atoms with E-state index < -0.39 is 112 Å². The Bertz CT molecular complexity index is 1540. The molecule has 0 radical (unpaired) electrons. The Kier molecular flexibility index (Phi) is 21.9. The molecule has 0 unspecified atom stereocenters. The van der Waals surface area contributed by atoms with E-state index in [0.717, 1.165) is 0 Å². The van der Waals surface area contributed by atoms with Gasteiger partial charge in [0.25, 0.3) is 0 Å². The summed E-state index contributed by atoms with van der Waals surface area (Å²) in [5, 5.41) is 10.0. The zero-order valence-electron chi connectivity index (χ0n) is 39.1. The fraction of sp³-hybridized carbons (Fsp3) is 0.786. The Morgan fingerprint density at radius 3 is 0.820 bits per heavy atom. The van der Waals surface area contributed by atoms with Crippen molar-refractivity contribution in [3.8, 4) is 0 Å². The van der Waals surface area contributed by atoms with Crippen LogP contribution in [0.4, 0.5) is 4.79 Å². The molecule has 19 nitrogen and oxygen atoms in total. The minimum Gasteiger partial charge on any atom is -0.469 e. The molecule has 0 bridgehead atoms. The lowest BCUT2D eigenvalue weighted by molar-refractivity contribution is -0.160. The van der Waals surface area contributed by atoms with Crippen LogP contribution in [0, 0.1) is 0 Å². The molecule has 0 spiro atoms. The normalized spacial score (nSPS) is 14.1. The average molecular weight is 873 g/mol. The highest BCUT2D eigenvalue weighted by molar-refractivity contribution is 5.89. The van der Waals surface area contributed by atoms with Crippen LogP contribution in [0.2, 0.25) is 0 Å². The summed E-state index contributed by atoms with van der Waals surface area (Å²) in [6.45, 7) is 24.4. The van der Waals surface area contributed by atoms with Crippen molar-refractivity contribution in [2.24, 2.45) is 0 Å². The fourth-order valence-electron chi connectivity index (χ4n) is 4.93. The molecule has 4 N–H and O–H groups in total. The number of methoxy groups -OCH3 is 1. The summed E-state index contributed by atoms with van der Waals surface area (Å²) in [6.07, 6.45) is -3.18. The van der Waals surface area contributed by atoms with Crippen molar-refractivity contribution < 1.29 is 71.6 Å². The van der Waals surface area contributed by atoms with Crippen LogP contribution in [-0.4, -0.2) is 113 Å². The van der Waals surface area contributed by atoms with Crippen LogP contribution in [0.25, 0.3) is 0 Å². The number of alkyl carbamates (subject to hydrolysis) is 1. The van der Waals surface area contributed by atoms with E-state index in [4.69, 9.17) is 23.7 Å². The molecule has 0 saturated carbocycles. The fourth-order valence-corrected chi connectivity index (χ4v) is 4.93. The van der Waals surface area contributed by atoms with Crippen molar-refractivity contribution in [1.82, 2.24) is 21.3 Å². The van der Waals surface area contributed by atoms with E-state index in [1.165, 1.54) is 7.11 Å². The molecule has 0 heterocycles. The first-order valence-electron chi connectivity index (χ1n) is 20.3. The van der Waals surface area contributed by atoms with Gasteiger partial charge in [-0.15, -0.1) is 0 Å². The third kappa shape index (κ3) is 28.2. The second-order valence-corrected chi connectivity index (χ2v) is 19.4. The predicted molar refractivity (Wildman–Crippen MR) is 221 cm³/mol. The Balaban J connectivity index is 6.08. The molecule has 350 valence electrons. The van der Waals surface area contributed by atoms with Gasteiger partial charge in [0.05, 0.1) is 7.11 Å². The minimum atomic E-state index is -1.36. The molecule has 0 rings (SSSR count). The van der Waals surface area contributed by atoms with E-state index in [-0.39, 0.29) is 44.9 Å². The Labute approximate surface area is 360 Å². The van der Waals surface area contributed by atoms with Gasteiger partial charge < -0.3 is 49.7 Å². The van der Waals surface area contributed by atoms with Gasteiger partial charge >= 0.3 is 35.9 Å². The maximum atomic E-state index is 13.4. The number of hydrogen-bond acceptors (Lipinski definition) is 15. The predicted octanol–water partition coefficient (Wildman–Crippen LogP) is 3.99. The zero-order chi connectivity index (χ0) is 47.7. The van der Waals surface area contributed by atoms with Crippen molar-refractivity contribution in [1.29, 1.82) is 0 Å². The van der Waals surface area contributed by atoms with Crippen molar-refractivity contribution in [2.45, 2.75) is 207 Å².